The molecule has 0 aliphatic rings. The normalized spacial score (nSPS) is 11.5. The molecule has 0 heterocycles. The zero-order valence-corrected chi connectivity index (χ0v) is 57.4. The molecule has 0 saturated heterocycles. The van der Waals surface area contributed by atoms with E-state index in [4.69, 9.17) is 27.9 Å². The number of rotatable bonds is 17. The first-order valence-corrected chi connectivity index (χ1v) is 34.2. The van der Waals surface area contributed by atoms with Crippen LogP contribution in [0.4, 0.5) is 51.2 Å². The smallest absolute Gasteiger partial charge is 0.129 e. The van der Waals surface area contributed by atoms with E-state index in [9.17, 15) is 0 Å². The molecule has 0 unspecified atom stereocenters. The molecular weight excluding hydrogens is 1230 g/mol. The third-order valence-corrected chi connectivity index (χ3v) is 18.4. The zero-order chi connectivity index (χ0) is 67.3. The number of benzene rings is 14. The quantitative estimate of drug-likeness (QED) is 0.0904. The molecule has 6 heteroatoms. The van der Waals surface area contributed by atoms with Gasteiger partial charge in [0.1, 0.15) is 11.5 Å². The highest BCUT2D eigenvalue weighted by molar-refractivity contribution is 6.32. The molecule has 0 aromatic heterocycles. The van der Waals surface area contributed by atoms with Crippen LogP contribution >= 0.6 is 23.2 Å². The lowest BCUT2D eigenvalue weighted by atomic mass is 9.85. The lowest BCUT2D eigenvalue weighted by Crippen LogP contribution is -2.19. The second kappa shape index (κ2) is 27.9. The Hall–Kier alpha value is -11.1. The standard InChI is InChI=1S/C92H75Cl2N3O/c1-91(2,3)70-53-77(95(74-45-27-13-28-46-74)89-84(66-37-19-9-20-38-66)57-72(93)58-85(89)67-39-21-10-22-40-67)61-78(54-70)97(90-86(68-41-23-11-24-42-68)59-73(94)60-87(90)69-43-25-12-26-44-69)76-49-31-50-80(62-76)98-81-56-71(92(4,5)6)55-79(63-81)96(75-47-29-14-30-48-75)88-82(64-33-15-7-16-34-64)51-32-52-83(88)65-35-17-8-18-36-65/h7-63H,1-6H3. The van der Waals surface area contributed by atoms with Crippen molar-refractivity contribution in [3.8, 4) is 78.3 Å². The molecule has 0 bridgehead atoms. The SMILES string of the molecule is CC(C)(C)c1cc(Oc2cccc(N(c3cc(N(c4ccccc4)c4c(-c5ccccc5)cc(Cl)cc4-c4ccccc4)cc(C(C)(C)C)c3)c3c(-c4ccccc4)cc(Cl)cc3-c3ccccc3)c2)cc(N(c2ccccc2)c2c(-c3ccccc3)cccc2-c2ccccc2)c1. The summed E-state index contributed by atoms with van der Waals surface area (Å²) in [5.74, 6) is 1.35. The molecule has 0 amide bonds. The van der Waals surface area contributed by atoms with Crippen LogP contribution in [-0.2, 0) is 10.8 Å². The van der Waals surface area contributed by atoms with Gasteiger partial charge in [0, 0.05) is 84.0 Å². The van der Waals surface area contributed by atoms with E-state index in [1.807, 2.05) is 0 Å². The number of nitrogens with zero attached hydrogens (tertiary/aromatic N) is 3. The van der Waals surface area contributed by atoms with Gasteiger partial charge in [0.15, 0.2) is 0 Å². The van der Waals surface area contributed by atoms with Gasteiger partial charge >= 0.3 is 0 Å². The van der Waals surface area contributed by atoms with Gasteiger partial charge in [-0.2, -0.15) is 0 Å². The molecule has 478 valence electrons. The summed E-state index contributed by atoms with van der Waals surface area (Å²) in [7, 11) is 0. The van der Waals surface area contributed by atoms with Crippen LogP contribution in [0.15, 0.2) is 346 Å². The van der Waals surface area contributed by atoms with Crippen LogP contribution in [0.25, 0.3) is 66.8 Å². The summed E-state index contributed by atoms with van der Waals surface area (Å²) in [4.78, 5) is 7.26. The number of ether oxygens (including phenoxy) is 1. The molecule has 0 fully saturated rings. The summed E-state index contributed by atoms with van der Waals surface area (Å²) in [5.41, 5.74) is 22.7. The minimum atomic E-state index is -0.355. The molecule has 14 rings (SSSR count). The van der Waals surface area contributed by atoms with Gasteiger partial charge in [-0.1, -0.05) is 307 Å². The summed E-state index contributed by atoms with van der Waals surface area (Å²) in [6.45, 7) is 13.7. The van der Waals surface area contributed by atoms with Crippen LogP contribution in [0, 0.1) is 0 Å². The van der Waals surface area contributed by atoms with Gasteiger partial charge in [0.25, 0.3) is 0 Å². The lowest BCUT2D eigenvalue weighted by molar-refractivity contribution is 0.479. The molecule has 14 aromatic rings. The molecule has 4 nitrogen and oxygen atoms in total. The Morgan fingerprint density at radius 2 is 0.490 bits per heavy atom. The van der Waals surface area contributed by atoms with Gasteiger partial charge in [-0.3, -0.25) is 0 Å². The van der Waals surface area contributed by atoms with Crippen molar-refractivity contribution in [1.82, 2.24) is 0 Å². The molecule has 98 heavy (non-hydrogen) atoms. The molecule has 0 saturated carbocycles. The van der Waals surface area contributed by atoms with E-state index < -0.39 is 0 Å². The summed E-state index contributed by atoms with van der Waals surface area (Å²) in [5, 5.41) is 1.26. The molecule has 0 aliphatic carbocycles. The van der Waals surface area contributed by atoms with Crippen LogP contribution in [0.1, 0.15) is 52.7 Å². The van der Waals surface area contributed by atoms with Crippen LogP contribution in [-0.4, -0.2) is 0 Å². The van der Waals surface area contributed by atoms with E-state index in [-0.39, 0.29) is 10.8 Å². The molecule has 0 atom stereocenters. The summed E-state index contributed by atoms with van der Waals surface area (Å²) >= 11 is 14.8. The van der Waals surface area contributed by atoms with Crippen LogP contribution in [0.5, 0.6) is 11.5 Å². The van der Waals surface area contributed by atoms with E-state index in [1.165, 1.54) is 0 Å². The van der Waals surface area contributed by atoms with Crippen LogP contribution < -0.4 is 19.4 Å². The predicted octanol–water partition coefficient (Wildman–Crippen LogP) is 27.8. The maximum Gasteiger partial charge on any atom is 0.129 e. The first kappa shape index (κ1) is 64.2. The maximum absolute atomic E-state index is 7.50. The van der Waals surface area contributed by atoms with Gasteiger partial charge in [0.05, 0.1) is 22.7 Å². The average molecular weight is 1310 g/mol. The lowest BCUT2D eigenvalue weighted by Gasteiger charge is -2.35. The minimum Gasteiger partial charge on any atom is -0.457 e. The maximum atomic E-state index is 7.50. The summed E-state index contributed by atoms with van der Waals surface area (Å²) in [6, 6.07) is 123. The van der Waals surface area contributed by atoms with Crippen molar-refractivity contribution >= 4 is 74.4 Å². The van der Waals surface area contributed by atoms with Gasteiger partial charge < -0.3 is 19.4 Å². The highest BCUT2D eigenvalue weighted by Crippen LogP contribution is 2.55. The Balaban J connectivity index is 1.02. The van der Waals surface area contributed by atoms with E-state index in [0.717, 1.165) is 129 Å². The predicted molar refractivity (Wildman–Crippen MR) is 417 cm³/mol. The molecular formula is C92H75Cl2N3O. The Bertz CT molecular complexity index is 4900. The zero-order valence-electron chi connectivity index (χ0n) is 55.9. The van der Waals surface area contributed by atoms with Crippen molar-refractivity contribution in [3.05, 3.63) is 367 Å². The van der Waals surface area contributed by atoms with Gasteiger partial charge in [-0.15, -0.1) is 0 Å². The number of anilines is 9. The highest BCUT2D eigenvalue weighted by atomic mass is 35.5. The van der Waals surface area contributed by atoms with E-state index in [2.05, 4.69) is 402 Å². The Morgan fingerprint density at radius 3 is 0.837 bits per heavy atom. The second-order valence-corrected chi connectivity index (χ2v) is 27.7. The molecule has 14 aromatic carbocycles. The Kier molecular flexibility index (Phi) is 18.3. The monoisotopic (exact) mass is 1310 g/mol. The Morgan fingerprint density at radius 1 is 0.224 bits per heavy atom. The van der Waals surface area contributed by atoms with Crippen LogP contribution in [0.3, 0.4) is 0 Å². The van der Waals surface area contributed by atoms with Crippen molar-refractivity contribution in [2.24, 2.45) is 0 Å². The van der Waals surface area contributed by atoms with E-state index in [1.54, 1.807) is 0 Å². The second-order valence-electron chi connectivity index (χ2n) is 26.8. The molecule has 0 N–H and O–H groups in total. The van der Waals surface area contributed by atoms with E-state index in [0.29, 0.717) is 21.5 Å². The Labute approximate surface area is 587 Å². The first-order valence-electron chi connectivity index (χ1n) is 33.4. The minimum absolute atomic E-state index is 0.286. The first-order chi connectivity index (χ1) is 47.7. The number of halogens is 2. The van der Waals surface area contributed by atoms with Crippen molar-refractivity contribution in [1.29, 1.82) is 0 Å². The largest absolute Gasteiger partial charge is 0.457 e. The summed E-state index contributed by atoms with van der Waals surface area (Å²) in [6.07, 6.45) is 0. The van der Waals surface area contributed by atoms with Gasteiger partial charge in [-0.05, 0) is 146 Å². The van der Waals surface area contributed by atoms with Crippen molar-refractivity contribution < 1.29 is 4.74 Å². The number of hydrogen-bond donors (Lipinski definition) is 0. The third-order valence-electron chi connectivity index (χ3n) is 18.0. The number of para-hydroxylation sites is 3. The van der Waals surface area contributed by atoms with Crippen LogP contribution in [0.2, 0.25) is 10.0 Å². The van der Waals surface area contributed by atoms with Crippen molar-refractivity contribution in [2.75, 3.05) is 14.7 Å². The van der Waals surface area contributed by atoms with Crippen molar-refractivity contribution in [2.45, 2.75) is 52.4 Å². The highest BCUT2D eigenvalue weighted by Gasteiger charge is 2.31. The van der Waals surface area contributed by atoms with Gasteiger partial charge in [-0.25, -0.2) is 0 Å². The summed E-state index contributed by atoms with van der Waals surface area (Å²) < 4.78 is 7.50. The molecule has 0 aliphatic heterocycles. The average Bonchev–Trinajstić information content (AvgIpc) is 0.752. The van der Waals surface area contributed by atoms with Gasteiger partial charge in [0.2, 0.25) is 0 Å². The van der Waals surface area contributed by atoms with E-state index >= 15 is 0 Å². The van der Waals surface area contributed by atoms with Crippen molar-refractivity contribution in [3.63, 3.8) is 0 Å². The fourth-order valence-electron chi connectivity index (χ4n) is 13.2. The fraction of sp³-hybridized carbons (Fsp3) is 0.0870. The number of hydrogen-bond acceptors (Lipinski definition) is 4. The fourth-order valence-corrected chi connectivity index (χ4v) is 13.6. The molecule has 0 radical (unpaired) electrons. The topological polar surface area (TPSA) is 19.0 Å². The third kappa shape index (κ3) is 13.7. The molecule has 0 spiro atoms.